The third-order valence-electron chi connectivity index (χ3n) is 4.83. The first-order chi connectivity index (χ1) is 12.2. The number of piperazine rings is 1. The van der Waals surface area contributed by atoms with Crippen molar-refractivity contribution in [3.05, 3.63) is 76.1 Å². The second-order valence-corrected chi connectivity index (χ2v) is 6.73. The summed E-state index contributed by atoms with van der Waals surface area (Å²) >= 11 is 0. The summed E-state index contributed by atoms with van der Waals surface area (Å²) in [6.07, 6.45) is 0. The minimum atomic E-state index is -0.295. The molecular weight excluding hydrogens is 312 g/mol. The Hall–Kier alpha value is -2.59. The lowest BCUT2D eigenvalue weighted by Gasteiger charge is -2.36. The van der Waals surface area contributed by atoms with Crippen LogP contribution in [0, 0.1) is 6.92 Å². The summed E-state index contributed by atoms with van der Waals surface area (Å²) < 4.78 is 5.30. The van der Waals surface area contributed by atoms with Gasteiger partial charge in [0.1, 0.15) is 5.58 Å². The van der Waals surface area contributed by atoms with Gasteiger partial charge in [-0.2, -0.15) is 0 Å². The molecule has 0 atom stereocenters. The van der Waals surface area contributed by atoms with E-state index in [1.54, 1.807) is 0 Å². The number of hydrogen-bond donors (Lipinski definition) is 0. The zero-order valence-electron chi connectivity index (χ0n) is 14.4. The molecule has 0 N–H and O–H groups in total. The molecule has 0 saturated carbocycles. The minimum absolute atomic E-state index is 0.295. The maximum absolute atomic E-state index is 11.4. The van der Waals surface area contributed by atoms with Gasteiger partial charge in [0.15, 0.2) is 0 Å². The van der Waals surface area contributed by atoms with Gasteiger partial charge < -0.3 is 9.32 Å². The first-order valence-electron chi connectivity index (χ1n) is 8.74. The van der Waals surface area contributed by atoms with E-state index in [0.29, 0.717) is 5.58 Å². The van der Waals surface area contributed by atoms with Gasteiger partial charge in [-0.25, -0.2) is 4.79 Å². The average Bonchev–Trinajstić information content (AvgIpc) is 2.62. The zero-order chi connectivity index (χ0) is 17.2. The number of fused-ring (bicyclic) bond motifs is 1. The van der Waals surface area contributed by atoms with E-state index in [-0.39, 0.29) is 5.63 Å². The lowest BCUT2D eigenvalue weighted by atomic mass is 10.1. The third-order valence-corrected chi connectivity index (χ3v) is 4.83. The number of rotatable bonds is 3. The normalized spacial score (nSPS) is 15.6. The lowest BCUT2D eigenvalue weighted by Crippen LogP contribution is -2.45. The molecular formula is C21H22N2O2. The standard InChI is InChI=1S/C21H22N2O2/c1-16-3-2-4-19(13-16)23-11-9-22(10-12-23)15-17-5-6-18-7-8-21(24)25-20(18)14-17/h2-8,13-14H,9-12,15H2,1H3. The second-order valence-electron chi connectivity index (χ2n) is 6.73. The molecule has 4 heteroatoms. The Morgan fingerprint density at radius 2 is 1.76 bits per heavy atom. The highest BCUT2D eigenvalue weighted by atomic mass is 16.4. The van der Waals surface area contributed by atoms with Crippen molar-refractivity contribution in [2.24, 2.45) is 0 Å². The van der Waals surface area contributed by atoms with E-state index in [4.69, 9.17) is 4.42 Å². The van der Waals surface area contributed by atoms with E-state index in [1.807, 2.05) is 18.2 Å². The van der Waals surface area contributed by atoms with Gasteiger partial charge in [-0.1, -0.05) is 24.3 Å². The van der Waals surface area contributed by atoms with Crippen molar-refractivity contribution in [2.75, 3.05) is 31.1 Å². The maximum atomic E-state index is 11.4. The van der Waals surface area contributed by atoms with Crippen molar-refractivity contribution in [3.8, 4) is 0 Å². The molecule has 0 aliphatic carbocycles. The first-order valence-corrected chi connectivity index (χ1v) is 8.74. The first kappa shape index (κ1) is 15.9. The van der Waals surface area contributed by atoms with Crippen LogP contribution in [0.25, 0.3) is 11.0 Å². The van der Waals surface area contributed by atoms with Gasteiger partial charge in [-0.05, 0) is 42.3 Å². The molecule has 3 aromatic rings. The Bertz CT molecular complexity index is 940. The van der Waals surface area contributed by atoms with Crippen molar-refractivity contribution in [1.29, 1.82) is 0 Å². The van der Waals surface area contributed by atoms with Gasteiger partial charge in [0.25, 0.3) is 0 Å². The number of aryl methyl sites for hydroxylation is 1. The van der Waals surface area contributed by atoms with Crippen LogP contribution in [0.2, 0.25) is 0 Å². The number of nitrogens with zero attached hydrogens (tertiary/aromatic N) is 2. The summed E-state index contributed by atoms with van der Waals surface area (Å²) in [5.41, 5.74) is 4.18. The van der Waals surface area contributed by atoms with E-state index in [0.717, 1.165) is 38.1 Å². The fraction of sp³-hybridized carbons (Fsp3) is 0.286. The minimum Gasteiger partial charge on any atom is -0.423 e. The number of anilines is 1. The molecule has 0 unspecified atom stereocenters. The Morgan fingerprint density at radius 3 is 2.56 bits per heavy atom. The summed E-state index contributed by atoms with van der Waals surface area (Å²) in [6.45, 7) is 7.15. The molecule has 0 amide bonds. The molecule has 25 heavy (non-hydrogen) atoms. The third kappa shape index (κ3) is 3.59. The largest absolute Gasteiger partial charge is 0.423 e. The Balaban J connectivity index is 1.42. The van der Waals surface area contributed by atoms with Crippen LogP contribution in [0.4, 0.5) is 5.69 Å². The molecule has 2 heterocycles. The summed E-state index contributed by atoms with van der Waals surface area (Å²) in [5, 5.41) is 0.965. The van der Waals surface area contributed by atoms with Crippen LogP contribution in [0.15, 0.2) is 63.8 Å². The smallest absolute Gasteiger partial charge is 0.336 e. The topological polar surface area (TPSA) is 36.7 Å². The highest BCUT2D eigenvalue weighted by Crippen LogP contribution is 2.20. The van der Waals surface area contributed by atoms with Crippen LogP contribution in [-0.4, -0.2) is 31.1 Å². The molecule has 1 saturated heterocycles. The Morgan fingerprint density at radius 1 is 0.960 bits per heavy atom. The molecule has 1 fully saturated rings. The van der Waals surface area contributed by atoms with Gasteiger partial charge in [-0.15, -0.1) is 0 Å². The molecule has 1 aliphatic heterocycles. The molecule has 0 bridgehead atoms. The molecule has 1 aliphatic rings. The van der Waals surface area contributed by atoms with Crippen LogP contribution in [0.5, 0.6) is 0 Å². The predicted octanol–water partition coefficient (Wildman–Crippen LogP) is 3.42. The maximum Gasteiger partial charge on any atom is 0.336 e. The SMILES string of the molecule is Cc1cccc(N2CCN(Cc3ccc4ccc(=O)oc4c3)CC2)c1. The predicted molar refractivity (Wildman–Crippen MR) is 101 cm³/mol. The van der Waals surface area contributed by atoms with E-state index < -0.39 is 0 Å². The van der Waals surface area contributed by atoms with Gasteiger partial charge in [-0.3, -0.25) is 4.90 Å². The molecule has 4 nitrogen and oxygen atoms in total. The van der Waals surface area contributed by atoms with Gasteiger partial charge in [0.2, 0.25) is 0 Å². The highest BCUT2D eigenvalue weighted by molar-refractivity contribution is 5.76. The van der Waals surface area contributed by atoms with Crippen LogP contribution < -0.4 is 10.5 Å². The van der Waals surface area contributed by atoms with Crippen molar-refractivity contribution in [1.82, 2.24) is 4.90 Å². The van der Waals surface area contributed by atoms with Crippen molar-refractivity contribution < 1.29 is 4.42 Å². The molecule has 4 rings (SSSR count). The van der Waals surface area contributed by atoms with Crippen LogP contribution in [-0.2, 0) is 6.54 Å². The summed E-state index contributed by atoms with van der Waals surface area (Å²) in [7, 11) is 0. The van der Waals surface area contributed by atoms with Gasteiger partial charge in [0.05, 0.1) is 0 Å². The molecule has 0 radical (unpaired) electrons. The van der Waals surface area contributed by atoms with Gasteiger partial charge >= 0.3 is 5.63 Å². The van der Waals surface area contributed by atoms with Gasteiger partial charge in [0, 0.05) is 49.9 Å². The Kier molecular flexibility index (Phi) is 4.28. The monoisotopic (exact) mass is 334 g/mol. The van der Waals surface area contributed by atoms with E-state index in [9.17, 15) is 4.79 Å². The average molecular weight is 334 g/mol. The van der Waals surface area contributed by atoms with Crippen molar-refractivity contribution in [2.45, 2.75) is 13.5 Å². The zero-order valence-corrected chi connectivity index (χ0v) is 14.4. The highest BCUT2D eigenvalue weighted by Gasteiger charge is 2.17. The van der Waals surface area contributed by atoms with Crippen molar-refractivity contribution in [3.63, 3.8) is 0 Å². The van der Waals surface area contributed by atoms with Crippen LogP contribution in [0.1, 0.15) is 11.1 Å². The molecule has 128 valence electrons. The lowest BCUT2D eigenvalue weighted by molar-refractivity contribution is 0.250. The Labute approximate surface area is 147 Å². The molecule has 1 aromatic heterocycles. The van der Waals surface area contributed by atoms with Crippen LogP contribution in [0.3, 0.4) is 0 Å². The quantitative estimate of drug-likeness (QED) is 0.688. The fourth-order valence-corrected chi connectivity index (χ4v) is 3.45. The van der Waals surface area contributed by atoms with E-state index in [2.05, 4.69) is 47.1 Å². The summed E-state index contributed by atoms with van der Waals surface area (Å²) in [5.74, 6) is 0. The molecule has 0 spiro atoms. The number of hydrogen-bond acceptors (Lipinski definition) is 4. The van der Waals surface area contributed by atoms with Crippen molar-refractivity contribution >= 4 is 16.7 Å². The van der Waals surface area contributed by atoms with Crippen LogP contribution >= 0.6 is 0 Å². The molecule has 2 aromatic carbocycles. The summed E-state index contributed by atoms with van der Waals surface area (Å²) in [4.78, 5) is 16.3. The fourth-order valence-electron chi connectivity index (χ4n) is 3.45. The number of benzene rings is 2. The van der Waals surface area contributed by atoms with E-state index in [1.165, 1.54) is 22.9 Å². The van der Waals surface area contributed by atoms with E-state index >= 15 is 0 Å². The summed E-state index contributed by atoms with van der Waals surface area (Å²) in [6, 6.07) is 18.1. The second kappa shape index (κ2) is 6.73.